The Morgan fingerprint density at radius 3 is 2.78 bits per heavy atom. The molecule has 0 unspecified atom stereocenters. The standard InChI is InChI=1S/C18H23N7O2/c1-25-5-3-12(4-6-25)23-15-7-16(22-10-14(15)18(26)27-2)24-17-11-20-13(8-19)9-21-17/h7,9,11-12,22-23H,3-6,10H2,1-2H3,(H,21,24). The molecule has 0 aromatic carbocycles. The van der Waals surface area contributed by atoms with Gasteiger partial charge in [-0.25, -0.2) is 14.8 Å². The third-order valence-electron chi connectivity index (χ3n) is 4.61. The normalized spacial score (nSPS) is 18.2. The second kappa shape index (κ2) is 8.51. The Labute approximate surface area is 158 Å². The van der Waals surface area contributed by atoms with Gasteiger partial charge in [0.25, 0.3) is 0 Å². The minimum absolute atomic E-state index is 0.253. The number of likely N-dealkylation sites (tertiary alicyclic amines) is 1. The number of nitriles is 1. The molecule has 0 spiro atoms. The van der Waals surface area contributed by atoms with Crippen molar-refractivity contribution in [2.45, 2.75) is 18.9 Å². The van der Waals surface area contributed by atoms with Gasteiger partial charge in [-0.3, -0.25) is 0 Å². The first kappa shape index (κ1) is 18.7. The lowest BCUT2D eigenvalue weighted by atomic mass is 10.0. The van der Waals surface area contributed by atoms with Gasteiger partial charge in [-0.05, 0) is 33.0 Å². The maximum Gasteiger partial charge on any atom is 0.337 e. The van der Waals surface area contributed by atoms with Gasteiger partial charge >= 0.3 is 5.97 Å². The van der Waals surface area contributed by atoms with E-state index in [2.05, 4.69) is 37.9 Å². The number of carbonyl (C=O) groups is 1. The van der Waals surface area contributed by atoms with Crippen molar-refractivity contribution in [1.82, 2.24) is 25.5 Å². The zero-order valence-electron chi connectivity index (χ0n) is 15.5. The molecule has 0 saturated carbocycles. The second-order valence-electron chi connectivity index (χ2n) is 6.54. The molecule has 0 aliphatic carbocycles. The van der Waals surface area contributed by atoms with Crippen LogP contribution >= 0.6 is 0 Å². The van der Waals surface area contributed by atoms with Crippen LogP contribution in [0.5, 0.6) is 0 Å². The van der Waals surface area contributed by atoms with Gasteiger partial charge in [-0.2, -0.15) is 5.26 Å². The highest BCUT2D eigenvalue weighted by Crippen LogP contribution is 2.18. The number of nitrogens with one attached hydrogen (secondary N) is 3. The number of rotatable bonds is 5. The number of hydrogen-bond donors (Lipinski definition) is 3. The average molecular weight is 369 g/mol. The molecule has 9 heteroatoms. The summed E-state index contributed by atoms with van der Waals surface area (Å²) in [6, 6.07) is 2.24. The highest BCUT2D eigenvalue weighted by molar-refractivity contribution is 5.90. The number of carbonyl (C=O) groups excluding carboxylic acids is 1. The van der Waals surface area contributed by atoms with E-state index in [9.17, 15) is 4.79 Å². The van der Waals surface area contributed by atoms with Crippen molar-refractivity contribution in [3.05, 3.63) is 41.3 Å². The fourth-order valence-corrected chi connectivity index (χ4v) is 3.04. The summed E-state index contributed by atoms with van der Waals surface area (Å²) in [4.78, 5) is 22.6. The van der Waals surface area contributed by atoms with E-state index in [1.807, 2.05) is 12.1 Å². The fourth-order valence-electron chi connectivity index (χ4n) is 3.04. The van der Waals surface area contributed by atoms with Gasteiger partial charge in [0.2, 0.25) is 0 Å². The first-order chi connectivity index (χ1) is 13.1. The zero-order valence-corrected chi connectivity index (χ0v) is 15.5. The van der Waals surface area contributed by atoms with Gasteiger partial charge in [0, 0.05) is 12.1 Å². The number of dihydropyridines is 1. The largest absolute Gasteiger partial charge is 0.466 e. The molecule has 0 atom stereocenters. The van der Waals surface area contributed by atoms with E-state index in [0.29, 0.717) is 29.8 Å². The summed E-state index contributed by atoms with van der Waals surface area (Å²) in [7, 11) is 3.49. The number of ether oxygens (including phenoxy) is 1. The quantitative estimate of drug-likeness (QED) is 0.631. The maximum absolute atomic E-state index is 12.1. The molecule has 1 aromatic rings. The topological polar surface area (TPSA) is 115 Å². The summed E-state index contributed by atoms with van der Waals surface area (Å²) >= 11 is 0. The molecule has 2 aliphatic rings. The number of esters is 1. The third kappa shape index (κ3) is 4.74. The Morgan fingerprint density at radius 2 is 2.15 bits per heavy atom. The monoisotopic (exact) mass is 369 g/mol. The summed E-state index contributed by atoms with van der Waals surface area (Å²) in [6.45, 7) is 2.38. The molecular formula is C18H23N7O2. The molecular weight excluding hydrogens is 346 g/mol. The van der Waals surface area contributed by atoms with Crippen molar-refractivity contribution in [3.63, 3.8) is 0 Å². The van der Waals surface area contributed by atoms with E-state index in [1.165, 1.54) is 19.5 Å². The lowest BCUT2D eigenvalue weighted by Gasteiger charge is -2.32. The lowest BCUT2D eigenvalue weighted by Crippen LogP contribution is -2.42. The molecule has 3 N–H and O–H groups in total. The van der Waals surface area contributed by atoms with Crippen LogP contribution in [0.2, 0.25) is 0 Å². The fraction of sp³-hybridized carbons (Fsp3) is 0.444. The summed E-state index contributed by atoms with van der Waals surface area (Å²) in [5.41, 5.74) is 1.57. The van der Waals surface area contributed by atoms with E-state index < -0.39 is 0 Å². The summed E-state index contributed by atoms with van der Waals surface area (Å²) < 4.78 is 4.92. The van der Waals surface area contributed by atoms with E-state index in [1.54, 1.807) is 0 Å². The van der Waals surface area contributed by atoms with Gasteiger partial charge in [0.15, 0.2) is 5.69 Å². The molecule has 3 heterocycles. The van der Waals surface area contributed by atoms with Crippen molar-refractivity contribution >= 4 is 11.8 Å². The van der Waals surface area contributed by atoms with Gasteiger partial charge in [-0.1, -0.05) is 0 Å². The lowest BCUT2D eigenvalue weighted by molar-refractivity contribution is -0.136. The van der Waals surface area contributed by atoms with Crippen molar-refractivity contribution in [3.8, 4) is 6.07 Å². The van der Waals surface area contributed by atoms with Crippen molar-refractivity contribution in [1.29, 1.82) is 5.26 Å². The summed E-state index contributed by atoms with van der Waals surface area (Å²) in [5, 5.41) is 18.6. The number of allylic oxidation sites excluding steroid dienone is 1. The number of methoxy groups -OCH3 is 1. The number of aromatic nitrogens is 2. The van der Waals surface area contributed by atoms with E-state index in [-0.39, 0.29) is 11.7 Å². The minimum Gasteiger partial charge on any atom is -0.466 e. The Hall–Kier alpha value is -3.12. The molecule has 0 bridgehead atoms. The molecule has 1 aromatic heterocycles. The Kier molecular flexibility index (Phi) is 5.88. The SMILES string of the molecule is COC(=O)C1=C(NC2CCN(C)CC2)C=C(Nc2cnc(C#N)cn2)NC1. The molecule has 142 valence electrons. The van der Waals surface area contributed by atoms with E-state index in [4.69, 9.17) is 10.00 Å². The van der Waals surface area contributed by atoms with Crippen LogP contribution in [0.1, 0.15) is 18.5 Å². The highest BCUT2D eigenvalue weighted by atomic mass is 16.5. The molecule has 9 nitrogen and oxygen atoms in total. The smallest absolute Gasteiger partial charge is 0.337 e. The second-order valence-corrected chi connectivity index (χ2v) is 6.54. The first-order valence-corrected chi connectivity index (χ1v) is 8.80. The number of piperidine rings is 1. The molecule has 0 amide bonds. The molecule has 3 rings (SSSR count). The summed E-state index contributed by atoms with van der Waals surface area (Å²) in [6.07, 6.45) is 6.76. The Bertz CT molecular complexity index is 787. The zero-order chi connectivity index (χ0) is 19.2. The van der Waals surface area contributed by atoms with Crippen molar-refractivity contribution in [2.75, 3.05) is 39.1 Å². The predicted octanol–water partition coefficient (Wildman–Crippen LogP) is 0.316. The number of anilines is 1. The van der Waals surface area contributed by atoms with E-state index >= 15 is 0 Å². The number of nitrogens with zero attached hydrogens (tertiary/aromatic N) is 4. The molecule has 1 saturated heterocycles. The third-order valence-corrected chi connectivity index (χ3v) is 4.61. The molecule has 2 aliphatic heterocycles. The van der Waals surface area contributed by atoms with E-state index in [0.717, 1.165) is 31.6 Å². The van der Waals surface area contributed by atoms with Crippen molar-refractivity contribution in [2.24, 2.45) is 0 Å². The van der Waals surface area contributed by atoms with Gasteiger partial charge in [0.1, 0.15) is 17.7 Å². The van der Waals surface area contributed by atoms with Crippen LogP contribution in [-0.4, -0.2) is 60.7 Å². The Morgan fingerprint density at radius 1 is 1.37 bits per heavy atom. The van der Waals surface area contributed by atoms with Crippen LogP contribution in [0, 0.1) is 11.3 Å². The van der Waals surface area contributed by atoms with Crippen LogP contribution in [0.25, 0.3) is 0 Å². The van der Waals surface area contributed by atoms with Crippen molar-refractivity contribution < 1.29 is 9.53 Å². The van der Waals surface area contributed by atoms with Gasteiger partial charge in [0.05, 0.1) is 37.3 Å². The van der Waals surface area contributed by atoms with Crippen LogP contribution in [-0.2, 0) is 9.53 Å². The molecule has 27 heavy (non-hydrogen) atoms. The predicted molar refractivity (Wildman–Crippen MR) is 99.2 cm³/mol. The molecule has 1 fully saturated rings. The first-order valence-electron chi connectivity index (χ1n) is 8.80. The van der Waals surface area contributed by atoms with Crippen LogP contribution in [0.15, 0.2) is 35.6 Å². The summed E-state index contributed by atoms with van der Waals surface area (Å²) in [5.74, 6) is 0.844. The van der Waals surface area contributed by atoms with Crippen LogP contribution < -0.4 is 16.0 Å². The highest BCUT2D eigenvalue weighted by Gasteiger charge is 2.24. The van der Waals surface area contributed by atoms with Crippen LogP contribution in [0.3, 0.4) is 0 Å². The average Bonchev–Trinajstić information content (AvgIpc) is 2.70. The van der Waals surface area contributed by atoms with Crippen LogP contribution in [0.4, 0.5) is 5.82 Å². The van der Waals surface area contributed by atoms with Gasteiger partial charge in [-0.15, -0.1) is 0 Å². The Balaban J connectivity index is 1.77. The molecule has 0 radical (unpaired) electrons. The van der Waals surface area contributed by atoms with Gasteiger partial charge < -0.3 is 25.6 Å². The number of hydrogen-bond acceptors (Lipinski definition) is 9. The minimum atomic E-state index is -0.355. The maximum atomic E-state index is 12.1.